The number of carbonyl (C=O) groups excluding carboxylic acids is 4. The maximum Gasteiger partial charge on any atom is 0.573 e. The number of nitrogens with zero attached hydrogens (tertiary/aromatic N) is 6. The second-order valence-corrected chi connectivity index (χ2v) is 18.6. The number of anilines is 2. The number of benzene rings is 2. The van der Waals surface area contributed by atoms with E-state index in [1.165, 1.54) is 18.2 Å². The van der Waals surface area contributed by atoms with Gasteiger partial charge < -0.3 is 25.0 Å². The fourth-order valence-electron chi connectivity index (χ4n) is 9.88. The van der Waals surface area contributed by atoms with E-state index in [1.807, 2.05) is 10.9 Å². The van der Waals surface area contributed by atoms with Gasteiger partial charge in [-0.3, -0.25) is 29.3 Å². The lowest BCUT2D eigenvalue weighted by Gasteiger charge is -2.46. The molecule has 0 unspecified atom stereocenters. The highest BCUT2D eigenvalue weighted by molar-refractivity contribution is 6.07. The van der Waals surface area contributed by atoms with E-state index in [2.05, 4.69) is 25.3 Å². The molecule has 3 aliphatic heterocycles. The van der Waals surface area contributed by atoms with Crippen LogP contribution in [0.1, 0.15) is 116 Å². The van der Waals surface area contributed by atoms with Gasteiger partial charge in [0.1, 0.15) is 11.4 Å². The van der Waals surface area contributed by atoms with Crippen LogP contribution in [-0.4, -0.2) is 99.1 Å². The third-order valence-corrected chi connectivity index (χ3v) is 13.7. The van der Waals surface area contributed by atoms with Crippen LogP contribution in [0.2, 0.25) is 0 Å². The highest BCUT2D eigenvalue weighted by atomic mass is 19.4. The molecule has 3 saturated heterocycles. The summed E-state index contributed by atoms with van der Waals surface area (Å²) < 4.78 is 85.6. The summed E-state index contributed by atoms with van der Waals surface area (Å²) in [4.78, 5) is 59.6. The summed E-state index contributed by atoms with van der Waals surface area (Å²) in [6.45, 7) is 6.74. The van der Waals surface area contributed by atoms with E-state index in [0.717, 1.165) is 101 Å². The molecule has 14 nitrogen and oxygen atoms in total. The first-order valence-corrected chi connectivity index (χ1v) is 22.3. The summed E-state index contributed by atoms with van der Waals surface area (Å²) >= 11 is 0. The number of aliphatic hydroxyl groups is 1. The van der Waals surface area contributed by atoms with E-state index < -0.39 is 53.1 Å². The second kappa shape index (κ2) is 18.1. The number of pyridine rings is 1. The number of piperidine rings is 2. The molecule has 354 valence electrons. The Kier molecular flexibility index (Phi) is 12.9. The predicted molar refractivity (Wildman–Crippen MR) is 230 cm³/mol. The number of hydrogen-bond donors (Lipinski definition) is 3. The molecular weight excluding hydrogens is 875 g/mol. The fourth-order valence-corrected chi connectivity index (χ4v) is 9.88. The molecule has 3 N–H and O–H groups in total. The van der Waals surface area contributed by atoms with Crippen molar-refractivity contribution in [2.24, 2.45) is 11.3 Å². The molecule has 2 aromatic heterocycles. The van der Waals surface area contributed by atoms with Gasteiger partial charge in [0, 0.05) is 67.5 Å². The lowest BCUT2D eigenvalue weighted by atomic mass is 9.65. The Morgan fingerprint density at radius 1 is 0.909 bits per heavy atom. The maximum absolute atomic E-state index is 13.7. The zero-order valence-electron chi connectivity index (χ0n) is 36.6. The zero-order valence-corrected chi connectivity index (χ0v) is 36.6. The molecule has 8 rings (SSSR count). The molecule has 4 aliphatic rings. The number of aromatic nitrogens is 3. The third kappa shape index (κ3) is 10.6. The number of amides is 5. The van der Waals surface area contributed by atoms with E-state index >= 15 is 0 Å². The minimum Gasteiger partial charge on any atom is -0.404 e. The Morgan fingerprint density at radius 3 is 2.27 bits per heavy atom. The SMILES string of the molecule is CC(C)(O)c1cc2nn(C3CCN(CCC4CCC5(CC4)CCN(C(=O)c4ccc(OC(F)(F)F)c(N6CCC(=O)NC6=O)c4)CC5)CC3)cc2cc1NC(=O)c1cccc(C(F)(F)F)n1. The molecule has 4 aromatic rings. The number of nitrogens with one attached hydrogen (secondary N) is 2. The van der Waals surface area contributed by atoms with Crippen molar-refractivity contribution in [2.75, 3.05) is 49.5 Å². The van der Waals surface area contributed by atoms with Gasteiger partial charge in [-0.25, -0.2) is 9.78 Å². The molecule has 4 fully saturated rings. The summed E-state index contributed by atoms with van der Waals surface area (Å²) in [6, 6.07) is 9.24. The summed E-state index contributed by atoms with van der Waals surface area (Å²) in [7, 11) is 0. The smallest absolute Gasteiger partial charge is 0.404 e. The van der Waals surface area contributed by atoms with Crippen LogP contribution < -0.4 is 20.3 Å². The highest BCUT2D eigenvalue weighted by Gasteiger charge is 2.40. The van der Waals surface area contributed by atoms with Gasteiger partial charge in [0.15, 0.2) is 5.75 Å². The number of urea groups is 1. The lowest BCUT2D eigenvalue weighted by Crippen LogP contribution is -2.50. The van der Waals surface area contributed by atoms with Crippen molar-refractivity contribution in [1.29, 1.82) is 0 Å². The average molecular weight is 927 g/mol. The van der Waals surface area contributed by atoms with Crippen LogP contribution in [0.25, 0.3) is 10.9 Å². The molecule has 1 aliphatic carbocycles. The minimum atomic E-state index is -5.03. The molecular formula is C46H52F6N8O6. The van der Waals surface area contributed by atoms with Gasteiger partial charge in [-0.05, 0) is 132 Å². The topological polar surface area (TPSA) is 162 Å². The van der Waals surface area contributed by atoms with Gasteiger partial charge in [0.25, 0.3) is 11.8 Å². The van der Waals surface area contributed by atoms with Crippen molar-refractivity contribution in [3.8, 4) is 5.75 Å². The molecule has 2 aromatic carbocycles. The molecule has 0 radical (unpaired) electrons. The Bertz CT molecular complexity index is 2480. The quantitative estimate of drug-likeness (QED) is 0.133. The molecule has 0 bridgehead atoms. The number of ether oxygens (including phenoxy) is 1. The number of rotatable bonds is 10. The molecule has 5 heterocycles. The summed E-state index contributed by atoms with van der Waals surface area (Å²) in [5.41, 5.74) is -1.76. The highest BCUT2D eigenvalue weighted by Crippen LogP contribution is 2.47. The molecule has 66 heavy (non-hydrogen) atoms. The van der Waals surface area contributed by atoms with E-state index in [0.29, 0.717) is 35.5 Å². The summed E-state index contributed by atoms with van der Waals surface area (Å²) in [6.07, 6.45) is 0.849. The first-order valence-electron chi connectivity index (χ1n) is 22.3. The Morgan fingerprint density at radius 2 is 1.62 bits per heavy atom. The maximum atomic E-state index is 13.7. The largest absolute Gasteiger partial charge is 0.573 e. The first-order chi connectivity index (χ1) is 31.1. The van der Waals surface area contributed by atoms with E-state index in [9.17, 15) is 50.6 Å². The minimum absolute atomic E-state index is 0.113. The third-order valence-electron chi connectivity index (χ3n) is 13.7. The number of imide groups is 1. The van der Waals surface area contributed by atoms with Crippen molar-refractivity contribution >= 4 is 46.0 Å². The average Bonchev–Trinajstić information content (AvgIpc) is 3.69. The van der Waals surface area contributed by atoms with Crippen LogP contribution in [-0.2, 0) is 16.6 Å². The van der Waals surface area contributed by atoms with Gasteiger partial charge in [-0.15, -0.1) is 13.2 Å². The monoisotopic (exact) mass is 926 g/mol. The number of halogens is 6. The fraction of sp³-hybridized carbons (Fsp3) is 0.522. The predicted octanol–water partition coefficient (Wildman–Crippen LogP) is 8.41. The van der Waals surface area contributed by atoms with Crippen molar-refractivity contribution in [1.82, 2.24) is 29.9 Å². The Hall–Kier alpha value is -5.76. The first kappa shape index (κ1) is 46.8. The second-order valence-electron chi connectivity index (χ2n) is 18.6. The Labute approximate surface area is 376 Å². The van der Waals surface area contributed by atoms with Crippen LogP contribution >= 0.6 is 0 Å². The van der Waals surface area contributed by atoms with Crippen LogP contribution in [0.5, 0.6) is 5.75 Å². The van der Waals surface area contributed by atoms with Gasteiger partial charge in [-0.1, -0.05) is 6.07 Å². The van der Waals surface area contributed by atoms with Crippen LogP contribution in [0, 0.1) is 11.3 Å². The van der Waals surface area contributed by atoms with Crippen LogP contribution in [0.4, 0.5) is 42.5 Å². The zero-order chi connectivity index (χ0) is 47.2. The standard InChI is InChI=1S/C46H52F6N8O6/c1-43(2,65)32-26-34-30(24-35(32)54-40(62)33-4-3-5-38(53-33)45(47,48)49)27-60(56-34)31-11-19-57(20-12-31)18-10-28-8-14-44(15-9-28)16-22-58(23-17-44)41(63)29-6-7-37(66-46(50,51)52)36(25-29)59-21-13-39(61)55-42(59)64/h3-7,24-28,31,65H,8-23H2,1-2H3,(H,54,62)(H,55,61,64). The molecule has 1 saturated carbocycles. The van der Waals surface area contributed by atoms with Crippen LogP contribution in [0.3, 0.4) is 0 Å². The number of fused-ring (bicyclic) bond motifs is 1. The van der Waals surface area contributed by atoms with Crippen molar-refractivity contribution < 1.29 is 55.4 Å². The lowest BCUT2D eigenvalue weighted by molar-refractivity contribution is -0.274. The van der Waals surface area contributed by atoms with Crippen LogP contribution in [0.15, 0.2) is 54.7 Å². The molecule has 5 amide bonds. The van der Waals surface area contributed by atoms with E-state index in [-0.39, 0.29) is 47.3 Å². The van der Waals surface area contributed by atoms with Crippen molar-refractivity contribution in [3.63, 3.8) is 0 Å². The Balaban J connectivity index is 0.812. The molecule has 0 atom stereocenters. The normalized spacial score (nSPS) is 19.3. The number of likely N-dealkylation sites (tertiary alicyclic amines) is 2. The molecule has 1 spiro atoms. The molecule has 20 heteroatoms. The van der Waals surface area contributed by atoms with Gasteiger partial charge in [0.2, 0.25) is 5.91 Å². The van der Waals surface area contributed by atoms with E-state index in [4.69, 9.17) is 5.10 Å². The van der Waals surface area contributed by atoms with Gasteiger partial charge in [0.05, 0.1) is 22.8 Å². The summed E-state index contributed by atoms with van der Waals surface area (Å²) in [5, 5.41) is 21.3. The van der Waals surface area contributed by atoms with E-state index in [1.54, 1.807) is 30.9 Å². The van der Waals surface area contributed by atoms with Crippen molar-refractivity contribution in [3.05, 3.63) is 77.2 Å². The van der Waals surface area contributed by atoms with Gasteiger partial charge >= 0.3 is 18.6 Å². The van der Waals surface area contributed by atoms with Crippen molar-refractivity contribution in [2.45, 2.75) is 102 Å². The number of carbonyl (C=O) groups is 4. The number of hydrogen-bond acceptors (Lipinski definition) is 9. The number of alkyl halides is 6. The summed E-state index contributed by atoms with van der Waals surface area (Å²) in [5.74, 6) is -1.78. The van der Waals surface area contributed by atoms with Gasteiger partial charge in [-0.2, -0.15) is 18.3 Å².